The van der Waals surface area contributed by atoms with Crippen LogP contribution < -0.4 is 10.6 Å². The first-order valence-electron chi connectivity index (χ1n) is 8.28. The Labute approximate surface area is 160 Å². The number of nitrogens with zero attached hydrogens (tertiary/aromatic N) is 1. The largest absolute Gasteiger partial charge is 0.336 e. The van der Waals surface area contributed by atoms with E-state index in [1.165, 1.54) is 48.0 Å². The Kier molecular flexibility index (Phi) is 5.75. The molecule has 27 heavy (non-hydrogen) atoms. The van der Waals surface area contributed by atoms with Crippen LogP contribution in [0.25, 0.3) is 0 Å². The second kappa shape index (κ2) is 8.22. The molecule has 0 saturated carbocycles. The average Bonchev–Trinajstić information content (AvgIpc) is 2.64. The van der Waals surface area contributed by atoms with Gasteiger partial charge in [0.15, 0.2) is 0 Å². The number of carbonyl (C=O) groups is 3. The van der Waals surface area contributed by atoms with Gasteiger partial charge in [0.05, 0.1) is 17.5 Å². The van der Waals surface area contributed by atoms with E-state index in [0.29, 0.717) is 5.69 Å². The Morgan fingerprint density at radius 3 is 2.63 bits per heavy atom. The summed E-state index contributed by atoms with van der Waals surface area (Å²) in [7, 11) is 1.51. The first kappa shape index (κ1) is 18.9. The molecule has 1 atom stereocenters. The monoisotopic (exact) mass is 387 g/mol. The summed E-state index contributed by atoms with van der Waals surface area (Å²) in [5, 5.41) is 4.84. The van der Waals surface area contributed by atoms with E-state index < -0.39 is 17.0 Å². The third kappa shape index (κ3) is 4.85. The van der Waals surface area contributed by atoms with Gasteiger partial charge in [-0.1, -0.05) is 12.1 Å². The van der Waals surface area contributed by atoms with E-state index in [9.17, 15) is 18.8 Å². The van der Waals surface area contributed by atoms with Gasteiger partial charge in [0, 0.05) is 24.1 Å². The number of hydrogen-bond donors (Lipinski definition) is 2. The fourth-order valence-electron chi connectivity index (χ4n) is 2.58. The first-order chi connectivity index (χ1) is 12.9. The van der Waals surface area contributed by atoms with Crippen LogP contribution >= 0.6 is 11.8 Å². The van der Waals surface area contributed by atoms with Crippen LogP contribution in [0.5, 0.6) is 0 Å². The molecule has 0 radical (unpaired) electrons. The number of amides is 3. The Morgan fingerprint density at radius 2 is 1.89 bits per heavy atom. The van der Waals surface area contributed by atoms with E-state index in [2.05, 4.69) is 10.6 Å². The van der Waals surface area contributed by atoms with Crippen LogP contribution in [0.2, 0.25) is 0 Å². The van der Waals surface area contributed by atoms with Crippen molar-refractivity contribution in [1.82, 2.24) is 4.90 Å². The summed E-state index contributed by atoms with van der Waals surface area (Å²) in [4.78, 5) is 38.8. The van der Waals surface area contributed by atoms with Crippen LogP contribution in [0, 0.1) is 5.82 Å². The van der Waals surface area contributed by atoms with E-state index >= 15 is 0 Å². The van der Waals surface area contributed by atoms with Crippen molar-refractivity contribution in [2.24, 2.45) is 0 Å². The minimum absolute atomic E-state index is 0.00877. The number of fused-ring (bicyclic) bond motifs is 1. The van der Waals surface area contributed by atoms with Crippen LogP contribution in [0.3, 0.4) is 0 Å². The highest BCUT2D eigenvalue weighted by Gasteiger charge is 2.30. The molecule has 1 aliphatic heterocycles. The van der Waals surface area contributed by atoms with E-state index in [1.807, 2.05) is 24.3 Å². The molecular weight excluding hydrogens is 369 g/mol. The summed E-state index contributed by atoms with van der Waals surface area (Å²) < 4.78 is 12.9. The number of nitrogens with one attached hydrogen (secondary N) is 2. The number of para-hydroxylation sites is 1. The molecule has 3 rings (SSSR count). The summed E-state index contributed by atoms with van der Waals surface area (Å²) in [5.74, 6) is -1.33. The summed E-state index contributed by atoms with van der Waals surface area (Å²) in [6, 6.07) is 12.8. The third-order valence-corrected chi connectivity index (χ3v) is 5.28. The van der Waals surface area contributed by atoms with Crippen molar-refractivity contribution < 1.29 is 18.8 Å². The zero-order valence-electron chi connectivity index (χ0n) is 14.6. The Balaban J connectivity index is 1.54. The highest BCUT2D eigenvalue weighted by molar-refractivity contribution is 8.01. The van der Waals surface area contributed by atoms with Gasteiger partial charge in [0.1, 0.15) is 5.82 Å². The van der Waals surface area contributed by atoms with Crippen molar-refractivity contribution in [3.63, 3.8) is 0 Å². The van der Waals surface area contributed by atoms with E-state index in [1.54, 1.807) is 0 Å². The van der Waals surface area contributed by atoms with Crippen LogP contribution in [0.15, 0.2) is 53.4 Å². The summed E-state index contributed by atoms with van der Waals surface area (Å²) in [5.41, 5.74) is 1.18. The van der Waals surface area contributed by atoms with Gasteiger partial charge in [0.25, 0.3) is 0 Å². The number of thioether (sulfide) groups is 1. The summed E-state index contributed by atoms with van der Waals surface area (Å²) >= 11 is 1.34. The predicted octanol–water partition coefficient (Wildman–Crippen LogP) is 2.73. The molecule has 0 spiro atoms. The van der Waals surface area contributed by atoms with E-state index in [-0.39, 0.29) is 24.8 Å². The lowest BCUT2D eigenvalue weighted by Gasteiger charge is -2.25. The van der Waals surface area contributed by atoms with Crippen molar-refractivity contribution in [3.05, 3.63) is 54.3 Å². The first-order valence-corrected chi connectivity index (χ1v) is 9.16. The van der Waals surface area contributed by atoms with Crippen LogP contribution in [0.1, 0.15) is 6.42 Å². The third-order valence-electron chi connectivity index (χ3n) is 4.00. The van der Waals surface area contributed by atoms with Crippen molar-refractivity contribution >= 4 is 40.9 Å². The second-order valence-corrected chi connectivity index (χ2v) is 7.35. The molecule has 6 nitrogen and oxygen atoms in total. The molecule has 8 heteroatoms. The maximum absolute atomic E-state index is 12.9. The number of likely N-dealkylation sites (N-methyl/N-ethyl adjacent to an activating group) is 1. The van der Waals surface area contributed by atoms with Gasteiger partial charge in [-0.25, -0.2) is 4.39 Å². The molecule has 0 bridgehead atoms. The van der Waals surface area contributed by atoms with Gasteiger partial charge in [-0.15, -0.1) is 11.8 Å². The van der Waals surface area contributed by atoms with Crippen LogP contribution in [0.4, 0.5) is 15.8 Å². The van der Waals surface area contributed by atoms with Gasteiger partial charge < -0.3 is 15.5 Å². The molecule has 0 fully saturated rings. The lowest BCUT2D eigenvalue weighted by molar-refractivity contribution is -0.134. The second-order valence-electron chi connectivity index (χ2n) is 6.10. The standard InChI is InChI=1S/C19H18FN3O3S/c1-23(11-17(24)21-13-8-6-12(20)7-9-13)18(25)10-16-19(26)22-14-4-2-3-5-15(14)27-16/h2-9,16H,10-11H2,1H3,(H,21,24)(H,22,26)/t16-/m1/s1. The summed E-state index contributed by atoms with van der Waals surface area (Å²) in [6.45, 7) is -0.161. The molecule has 0 unspecified atom stereocenters. The normalized spacial score (nSPS) is 15.5. The minimum Gasteiger partial charge on any atom is -0.336 e. The fraction of sp³-hybridized carbons (Fsp3) is 0.211. The quantitative estimate of drug-likeness (QED) is 0.827. The highest BCUT2D eigenvalue weighted by atomic mass is 32.2. The molecule has 0 aromatic heterocycles. The molecule has 0 saturated heterocycles. The van der Waals surface area contributed by atoms with E-state index in [4.69, 9.17) is 0 Å². The maximum Gasteiger partial charge on any atom is 0.243 e. The molecule has 2 N–H and O–H groups in total. The van der Waals surface area contributed by atoms with Crippen LogP contribution in [-0.2, 0) is 14.4 Å². The molecule has 140 valence electrons. The van der Waals surface area contributed by atoms with Gasteiger partial charge in [-0.2, -0.15) is 0 Å². The topological polar surface area (TPSA) is 78.5 Å². The maximum atomic E-state index is 12.9. The molecule has 2 aromatic carbocycles. The SMILES string of the molecule is CN(CC(=O)Nc1ccc(F)cc1)C(=O)C[C@H]1Sc2ccccc2NC1=O. The number of halogens is 1. The number of benzene rings is 2. The molecule has 3 amide bonds. The predicted molar refractivity (Wildman–Crippen MR) is 102 cm³/mol. The molecule has 1 aliphatic rings. The molecular formula is C19H18FN3O3S. The molecule has 0 aliphatic carbocycles. The van der Waals surface area contributed by atoms with Crippen molar-refractivity contribution in [1.29, 1.82) is 0 Å². The fourth-order valence-corrected chi connectivity index (χ4v) is 3.68. The number of carbonyl (C=O) groups excluding carboxylic acids is 3. The van der Waals surface area contributed by atoms with Gasteiger partial charge >= 0.3 is 0 Å². The Bertz CT molecular complexity index is 873. The summed E-state index contributed by atoms with van der Waals surface area (Å²) in [6.07, 6.45) is -0.00877. The lowest BCUT2D eigenvalue weighted by Crippen LogP contribution is -2.39. The Morgan fingerprint density at radius 1 is 1.19 bits per heavy atom. The zero-order valence-corrected chi connectivity index (χ0v) is 15.4. The molecule has 1 heterocycles. The number of hydrogen-bond acceptors (Lipinski definition) is 4. The average molecular weight is 387 g/mol. The Hall–Kier alpha value is -2.87. The van der Waals surface area contributed by atoms with Gasteiger partial charge in [-0.3, -0.25) is 14.4 Å². The van der Waals surface area contributed by atoms with E-state index in [0.717, 1.165) is 10.6 Å². The minimum atomic E-state index is -0.546. The smallest absolute Gasteiger partial charge is 0.243 e. The van der Waals surface area contributed by atoms with Crippen molar-refractivity contribution in [2.45, 2.75) is 16.6 Å². The molecule has 2 aromatic rings. The highest BCUT2D eigenvalue weighted by Crippen LogP contribution is 2.36. The lowest BCUT2D eigenvalue weighted by atomic mass is 10.2. The van der Waals surface area contributed by atoms with Crippen LogP contribution in [-0.4, -0.2) is 41.5 Å². The number of rotatable bonds is 5. The van der Waals surface area contributed by atoms with Gasteiger partial charge in [-0.05, 0) is 36.4 Å². The van der Waals surface area contributed by atoms with Crippen molar-refractivity contribution in [2.75, 3.05) is 24.2 Å². The zero-order chi connectivity index (χ0) is 19.4. The van der Waals surface area contributed by atoms with Gasteiger partial charge in [0.2, 0.25) is 17.7 Å². The van der Waals surface area contributed by atoms with Crippen molar-refractivity contribution in [3.8, 4) is 0 Å². The number of anilines is 2.